The SMILES string of the molecule is C=CCCNc1ccc(OC(F)(F)F)c(Br)c1. The zero-order chi connectivity index (χ0) is 12.9. The second-order valence-electron chi connectivity index (χ2n) is 3.20. The Kier molecular flexibility index (Phi) is 4.86. The highest BCUT2D eigenvalue weighted by Crippen LogP contribution is 2.32. The number of rotatable bonds is 5. The summed E-state index contributed by atoms with van der Waals surface area (Å²) in [5.41, 5.74) is 0.716. The predicted octanol–water partition coefficient (Wildman–Crippen LogP) is 4.34. The first-order chi connectivity index (χ1) is 7.92. The fraction of sp³-hybridized carbons (Fsp3) is 0.273. The van der Waals surface area contributed by atoms with Gasteiger partial charge in [0.2, 0.25) is 0 Å². The molecule has 0 bridgehead atoms. The monoisotopic (exact) mass is 309 g/mol. The summed E-state index contributed by atoms with van der Waals surface area (Å²) in [5, 5.41) is 3.04. The van der Waals surface area contributed by atoms with Gasteiger partial charge in [0.1, 0.15) is 5.75 Å². The average Bonchev–Trinajstić information content (AvgIpc) is 2.21. The van der Waals surface area contributed by atoms with E-state index in [0.717, 1.165) is 6.42 Å². The van der Waals surface area contributed by atoms with Crippen molar-refractivity contribution in [2.24, 2.45) is 0 Å². The van der Waals surface area contributed by atoms with Crippen LogP contribution >= 0.6 is 15.9 Å². The summed E-state index contributed by atoms with van der Waals surface area (Å²) in [6.07, 6.45) is -2.15. The van der Waals surface area contributed by atoms with Gasteiger partial charge in [-0.2, -0.15) is 0 Å². The molecule has 0 unspecified atom stereocenters. The lowest BCUT2D eigenvalue weighted by atomic mass is 10.3. The lowest BCUT2D eigenvalue weighted by Crippen LogP contribution is -2.17. The number of halogens is 4. The summed E-state index contributed by atoms with van der Waals surface area (Å²) < 4.78 is 40.1. The molecule has 0 fully saturated rings. The van der Waals surface area contributed by atoms with Gasteiger partial charge in [0, 0.05) is 12.2 Å². The Bertz CT molecular complexity index is 393. The molecule has 1 N–H and O–H groups in total. The third-order valence-corrected chi connectivity index (χ3v) is 2.45. The van der Waals surface area contributed by atoms with Crippen molar-refractivity contribution in [3.05, 3.63) is 35.3 Å². The molecule has 1 aromatic carbocycles. The molecule has 0 heterocycles. The minimum atomic E-state index is -4.68. The Morgan fingerprint density at radius 3 is 2.65 bits per heavy atom. The van der Waals surface area contributed by atoms with E-state index in [1.165, 1.54) is 18.2 Å². The minimum Gasteiger partial charge on any atom is -0.405 e. The molecule has 0 spiro atoms. The van der Waals surface area contributed by atoms with Gasteiger partial charge in [-0.3, -0.25) is 0 Å². The van der Waals surface area contributed by atoms with Gasteiger partial charge in [-0.25, -0.2) is 0 Å². The first-order valence-electron chi connectivity index (χ1n) is 4.82. The average molecular weight is 310 g/mol. The Morgan fingerprint density at radius 2 is 2.12 bits per heavy atom. The molecule has 0 aliphatic carbocycles. The molecule has 6 heteroatoms. The van der Waals surface area contributed by atoms with Gasteiger partial charge >= 0.3 is 6.36 Å². The van der Waals surface area contributed by atoms with Crippen molar-refractivity contribution in [3.8, 4) is 5.75 Å². The molecule has 0 amide bonds. The van der Waals surface area contributed by atoms with Gasteiger partial charge < -0.3 is 10.1 Å². The van der Waals surface area contributed by atoms with Crippen LogP contribution in [0, 0.1) is 0 Å². The highest BCUT2D eigenvalue weighted by molar-refractivity contribution is 9.10. The Labute approximate surface area is 106 Å². The molecule has 0 atom stereocenters. The van der Waals surface area contributed by atoms with E-state index in [-0.39, 0.29) is 10.2 Å². The maximum absolute atomic E-state index is 12.0. The number of anilines is 1. The number of hydrogen-bond donors (Lipinski definition) is 1. The van der Waals surface area contributed by atoms with Crippen molar-refractivity contribution in [1.82, 2.24) is 0 Å². The van der Waals surface area contributed by atoms with Crippen molar-refractivity contribution >= 4 is 21.6 Å². The van der Waals surface area contributed by atoms with Crippen LogP contribution in [-0.4, -0.2) is 12.9 Å². The molecule has 0 saturated heterocycles. The van der Waals surface area contributed by atoms with E-state index < -0.39 is 6.36 Å². The first-order valence-corrected chi connectivity index (χ1v) is 5.62. The van der Waals surface area contributed by atoms with Crippen LogP contribution in [0.1, 0.15) is 6.42 Å². The number of alkyl halides is 3. The fourth-order valence-corrected chi connectivity index (χ4v) is 1.60. The van der Waals surface area contributed by atoms with E-state index in [0.29, 0.717) is 12.2 Å². The zero-order valence-corrected chi connectivity index (χ0v) is 10.4. The van der Waals surface area contributed by atoms with E-state index in [1.807, 2.05) is 0 Å². The molecule has 1 rings (SSSR count). The third-order valence-electron chi connectivity index (χ3n) is 1.84. The summed E-state index contributed by atoms with van der Waals surface area (Å²) >= 11 is 3.02. The Hall–Kier alpha value is -1.17. The standard InChI is InChI=1S/C11H11BrF3NO/c1-2-3-6-16-8-4-5-10(9(12)7-8)17-11(13,14)15/h2,4-5,7,16H,1,3,6H2. The second-order valence-corrected chi connectivity index (χ2v) is 4.05. The molecular weight excluding hydrogens is 299 g/mol. The quantitative estimate of drug-likeness (QED) is 0.645. The lowest BCUT2D eigenvalue weighted by molar-refractivity contribution is -0.274. The highest BCUT2D eigenvalue weighted by atomic mass is 79.9. The number of nitrogens with one attached hydrogen (secondary N) is 1. The number of benzene rings is 1. The summed E-state index contributed by atoms with van der Waals surface area (Å²) in [5.74, 6) is -0.258. The van der Waals surface area contributed by atoms with E-state index in [9.17, 15) is 13.2 Å². The van der Waals surface area contributed by atoms with Crippen molar-refractivity contribution < 1.29 is 17.9 Å². The molecule has 1 aromatic rings. The molecule has 0 aromatic heterocycles. The molecule has 17 heavy (non-hydrogen) atoms. The molecule has 94 valence electrons. The maximum Gasteiger partial charge on any atom is 0.573 e. The van der Waals surface area contributed by atoms with Crippen LogP contribution in [0.5, 0.6) is 5.75 Å². The highest BCUT2D eigenvalue weighted by Gasteiger charge is 2.31. The van der Waals surface area contributed by atoms with Gasteiger partial charge in [-0.1, -0.05) is 6.08 Å². The van der Waals surface area contributed by atoms with Crippen LogP contribution in [0.15, 0.2) is 35.3 Å². The lowest BCUT2D eigenvalue weighted by Gasteiger charge is -2.12. The molecule has 0 aliphatic heterocycles. The minimum absolute atomic E-state index is 0.249. The van der Waals surface area contributed by atoms with Crippen LogP contribution in [-0.2, 0) is 0 Å². The smallest absolute Gasteiger partial charge is 0.405 e. The van der Waals surface area contributed by atoms with Gasteiger partial charge in [-0.15, -0.1) is 19.8 Å². The molecule has 0 saturated carbocycles. The van der Waals surface area contributed by atoms with Crippen LogP contribution in [0.2, 0.25) is 0 Å². The van der Waals surface area contributed by atoms with E-state index >= 15 is 0 Å². The van der Waals surface area contributed by atoms with E-state index in [4.69, 9.17) is 0 Å². The molecule has 0 radical (unpaired) electrons. The van der Waals surface area contributed by atoms with Crippen molar-refractivity contribution in [1.29, 1.82) is 0 Å². The van der Waals surface area contributed by atoms with Crippen molar-refractivity contribution in [2.75, 3.05) is 11.9 Å². The number of hydrogen-bond acceptors (Lipinski definition) is 2. The van der Waals surface area contributed by atoms with Gasteiger partial charge in [-0.05, 0) is 40.5 Å². The number of ether oxygens (including phenoxy) is 1. The summed E-state index contributed by atoms with van der Waals surface area (Å²) in [7, 11) is 0. The van der Waals surface area contributed by atoms with Gasteiger partial charge in [0.05, 0.1) is 4.47 Å². The van der Waals surface area contributed by atoms with Crippen LogP contribution in [0.4, 0.5) is 18.9 Å². The van der Waals surface area contributed by atoms with E-state index in [1.54, 1.807) is 6.08 Å². The maximum atomic E-state index is 12.0. The van der Waals surface area contributed by atoms with Gasteiger partial charge in [0.15, 0.2) is 0 Å². The van der Waals surface area contributed by atoms with Crippen LogP contribution in [0.3, 0.4) is 0 Å². The summed E-state index contributed by atoms with van der Waals surface area (Å²) in [4.78, 5) is 0. The molecule has 2 nitrogen and oxygen atoms in total. The Balaban J connectivity index is 2.69. The second kappa shape index (κ2) is 5.95. The topological polar surface area (TPSA) is 21.3 Å². The first kappa shape index (κ1) is 13.9. The van der Waals surface area contributed by atoms with Crippen molar-refractivity contribution in [2.45, 2.75) is 12.8 Å². The summed E-state index contributed by atoms with van der Waals surface area (Å²) in [6, 6.07) is 4.31. The fourth-order valence-electron chi connectivity index (χ4n) is 1.14. The largest absolute Gasteiger partial charge is 0.573 e. The Morgan fingerprint density at radius 1 is 1.41 bits per heavy atom. The van der Waals surface area contributed by atoms with Crippen LogP contribution in [0.25, 0.3) is 0 Å². The molecular formula is C11H11BrF3NO. The van der Waals surface area contributed by atoms with Gasteiger partial charge in [0.25, 0.3) is 0 Å². The molecule has 0 aliphatic rings. The normalized spacial score (nSPS) is 11.1. The van der Waals surface area contributed by atoms with E-state index in [2.05, 4.69) is 32.6 Å². The zero-order valence-electron chi connectivity index (χ0n) is 8.85. The van der Waals surface area contributed by atoms with Crippen LogP contribution < -0.4 is 10.1 Å². The summed E-state index contributed by atoms with van der Waals surface area (Å²) in [6.45, 7) is 4.25. The predicted molar refractivity (Wildman–Crippen MR) is 64.1 cm³/mol. The van der Waals surface area contributed by atoms with Crippen molar-refractivity contribution in [3.63, 3.8) is 0 Å². The third kappa shape index (κ3) is 5.12.